The van der Waals surface area contributed by atoms with E-state index in [9.17, 15) is 8.42 Å². The van der Waals surface area contributed by atoms with Crippen molar-refractivity contribution in [2.24, 2.45) is 0 Å². The minimum absolute atomic E-state index is 0.259. The SMILES string of the molecule is CS(=O)(=O)c1cccc(OC2CCCC2)c1. The van der Waals surface area contributed by atoms with Gasteiger partial charge in [0.1, 0.15) is 5.75 Å². The van der Waals surface area contributed by atoms with E-state index in [-0.39, 0.29) is 6.10 Å². The number of ether oxygens (including phenoxy) is 1. The van der Waals surface area contributed by atoms with E-state index in [4.69, 9.17) is 4.74 Å². The monoisotopic (exact) mass is 240 g/mol. The molecule has 0 bridgehead atoms. The average Bonchev–Trinajstić information content (AvgIpc) is 2.70. The van der Waals surface area contributed by atoms with Crippen LogP contribution in [0.15, 0.2) is 29.2 Å². The summed E-state index contributed by atoms with van der Waals surface area (Å²) in [6.45, 7) is 0. The lowest BCUT2D eigenvalue weighted by atomic mass is 10.3. The van der Waals surface area contributed by atoms with Crippen LogP contribution in [0, 0.1) is 0 Å². The molecular formula is C12H16O3S. The Kier molecular flexibility index (Phi) is 3.19. The van der Waals surface area contributed by atoms with Gasteiger partial charge in [-0.25, -0.2) is 8.42 Å². The molecule has 0 unspecified atom stereocenters. The molecular weight excluding hydrogens is 224 g/mol. The highest BCUT2D eigenvalue weighted by molar-refractivity contribution is 7.90. The van der Waals surface area contributed by atoms with Gasteiger partial charge in [-0.3, -0.25) is 0 Å². The van der Waals surface area contributed by atoms with Gasteiger partial charge in [0.15, 0.2) is 9.84 Å². The quantitative estimate of drug-likeness (QED) is 0.815. The summed E-state index contributed by atoms with van der Waals surface area (Å²) in [7, 11) is -3.14. The largest absolute Gasteiger partial charge is 0.490 e. The van der Waals surface area contributed by atoms with Crippen molar-refractivity contribution >= 4 is 9.84 Å². The molecule has 0 saturated heterocycles. The lowest BCUT2D eigenvalue weighted by Crippen LogP contribution is -2.11. The van der Waals surface area contributed by atoms with E-state index in [0.29, 0.717) is 10.6 Å². The van der Waals surface area contributed by atoms with E-state index in [1.54, 1.807) is 18.2 Å². The number of sulfone groups is 1. The summed E-state index contributed by atoms with van der Waals surface area (Å²) in [5.74, 6) is 0.662. The van der Waals surface area contributed by atoms with Gasteiger partial charge >= 0.3 is 0 Å². The van der Waals surface area contributed by atoms with Gasteiger partial charge in [-0.1, -0.05) is 6.07 Å². The summed E-state index contributed by atoms with van der Waals surface area (Å²) in [5, 5.41) is 0. The summed E-state index contributed by atoms with van der Waals surface area (Å²) >= 11 is 0. The molecule has 1 aromatic carbocycles. The molecule has 1 aliphatic carbocycles. The molecule has 0 radical (unpaired) electrons. The summed E-state index contributed by atoms with van der Waals surface area (Å²) in [6.07, 6.45) is 6.02. The normalized spacial score (nSPS) is 17.6. The Hall–Kier alpha value is -1.03. The fourth-order valence-electron chi connectivity index (χ4n) is 1.98. The van der Waals surface area contributed by atoms with E-state index in [1.807, 2.05) is 6.07 Å². The highest BCUT2D eigenvalue weighted by Gasteiger charge is 2.17. The van der Waals surface area contributed by atoms with Gasteiger partial charge in [0.25, 0.3) is 0 Å². The topological polar surface area (TPSA) is 43.4 Å². The Morgan fingerprint density at radius 1 is 1.25 bits per heavy atom. The molecule has 0 heterocycles. The minimum Gasteiger partial charge on any atom is -0.490 e. The molecule has 4 heteroatoms. The zero-order valence-corrected chi connectivity index (χ0v) is 10.2. The first-order chi connectivity index (χ1) is 7.55. The third kappa shape index (κ3) is 2.76. The molecule has 0 N–H and O–H groups in total. The molecule has 0 aliphatic heterocycles. The van der Waals surface area contributed by atoms with Gasteiger partial charge in [-0.15, -0.1) is 0 Å². The second-order valence-electron chi connectivity index (χ2n) is 4.27. The molecule has 1 aromatic rings. The van der Waals surface area contributed by atoms with E-state index in [2.05, 4.69) is 0 Å². The third-order valence-corrected chi connectivity index (χ3v) is 3.95. The van der Waals surface area contributed by atoms with Crippen molar-refractivity contribution < 1.29 is 13.2 Å². The zero-order chi connectivity index (χ0) is 11.6. The van der Waals surface area contributed by atoms with E-state index >= 15 is 0 Å². The third-order valence-electron chi connectivity index (χ3n) is 2.84. The van der Waals surface area contributed by atoms with Crippen molar-refractivity contribution in [2.75, 3.05) is 6.26 Å². The Balaban J connectivity index is 2.16. The zero-order valence-electron chi connectivity index (χ0n) is 9.35. The first kappa shape index (κ1) is 11.5. The van der Waals surface area contributed by atoms with Gasteiger partial charge in [0.05, 0.1) is 11.0 Å². The van der Waals surface area contributed by atoms with Gasteiger partial charge in [-0.05, 0) is 43.9 Å². The van der Waals surface area contributed by atoms with Crippen LogP contribution in [0.4, 0.5) is 0 Å². The first-order valence-electron chi connectivity index (χ1n) is 5.52. The van der Waals surface area contributed by atoms with Crippen molar-refractivity contribution in [1.29, 1.82) is 0 Å². The maximum Gasteiger partial charge on any atom is 0.175 e. The molecule has 1 saturated carbocycles. The summed E-state index contributed by atoms with van der Waals surface area (Å²) in [6, 6.07) is 6.73. The van der Waals surface area contributed by atoms with Crippen molar-refractivity contribution in [3.05, 3.63) is 24.3 Å². The maximum atomic E-state index is 11.4. The van der Waals surface area contributed by atoms with Crippen LogP contribution in [0.5, 0.6) is 5.75 Å². The Morgan fingerprint density at radius 2 is 1.94 bits per heavy atom. The van der Waals surface area contributed by atoms with Crippen LogP contribution >= 0.6 is 0 Å². The predicted octanol–water partition coefficient (Wildman–Crippen LogP) is 2.41. The molecule has 3 nitrogen and oxygen atoms in total. The van der Waals surface area contributed by atoms with Crippen LogP contribution in [-0.2, 0) is 9.84 Å². The molecule has 0 atom stereocenters. The standard InChI is InChI=1S/C12H16O3S/c1-16(13,14)12-8-4-7-11(9-12)15-10-5-2-3-6-10/h4,7-10H,2-3,5-6H2,1H3. The highest BCUT2D eigenvalue weighted by atomic mass is 32.2. The maximum absolute atomic E-state index is 11.4. The van der Waals surface area contributed by atoms with Gasteiger partial charge in [-0.2, -0.15) is 0 Å². The molecule has 88 valence electrons. The smallest absolute Gasteiger partial charge is 0.175 e. The molecule has 0 amide bonds. The van der Waals surface area contributed by atoms with E-state index < -0.39 is 9.84 Å². The van der Waals surface area contributed by atoms with Crippen molar-refractivity contribution in [3.63, 3.8) is 0 Å². The summed E-state index contributed by atoms with van der Waals surface area (Å²) < 4.78 is 28.5. The van der Waals surface area contributed by atoms with Crippen molar-refractivity contribution in [3.8, 4) is 5.75 Å². The Bertz CT molecular complexity index is 459. The number of benzene rings is 1. The first-order valence-corrected chi connectivity index (χ1v) is 7.41. The Labute approximate surface area is 96.4 Å². The summed E-state index contributed by atoms with van der Waals surface area (Å²) in [4.78, 5) is 0.322. The molecule has 0 spiro atoms. The lowest BCUT2D eigenvalue weighted by Gasteiger charge is -2.13. The van der Waals surface area contributed by atoms with Crippen LogP contribution in [0.3, 0.4) is 0 Å². The fourth-order valence-corrected chi connectivity index (χ4v) is 2.63. The van der Waals surface area contributed by atoms with Gasteiger partial charge < -0.3 is 4.74 Å². The highest BCUT2D eigenvalue weighted by Crippen LogP contribution is 2.25. The van der Waals surface area contributed by atoms with E-state index in [0.717, 1.165) is 12.8 Å². The Morgan fingerprint density at radius 3 is 2.56 bits per heavy atom. The average molecular weight is 240 g/mol. The predicted molar refractivity (Wildman–Crippen MR) is 62.4 cm³/mol. The molecule has 1 fully saturated rings. The number of hydrogen-bond acceptors (Lipinski definition) is 3. The molecule has 0 aromatic heterocycles. The van der Waals surface area contributed by atoms with Crippen LogP contribution < -0.4 is 4.74 Å². The van der Waals surface area contributed by atoms with Crippen LogP contribution in [0.1, 0.15) is 25.7 Å². The second-order valence-corrected chi connectivity index (χ2v) is 6.29. The van der Waals surface area contributed by atoms with Crippen LogP contribution in [0.2, 0.25) is 0 Å². The molecule has 2 rings (SSSR count). The van der Waals surface area contributed by atoms with E-state index in [1.165, 1.54) is 19.1 Å². The van der Waals surface area contributed by atoms with Crippen LogP contribution in [-0.4, -0.2) is 20.8 Å². The molecule has 1 aliphatic rings. The summed E-state index contributed by atoms with van der Waals surface area (Å²) in [5.41, 5.74) is 0. The minimum atomic E-state index is -3.14. The van der Waals surface area contributed by atoms with Crippen molar-refractivity contribution in [1.82, 2.24) is 0 Å². The lowest BCUT2D eigenvalue weighted by molar-refractivity contribution is 0.209. The fraction of sp³-hybridized carbons (Fsp3) is 0.500. The van der Waals surface area contributed by atoms with Gasteiger partial charge in [0, 0.05) is 6.26 Å². The molecule has 16 heavy (non-hydrogen) atoms. The van der Waals surface area contributed by atoms with Gasteiger partial charge in [0.2, 0.25) is 0 Å². The number of hydrogen-bond donors (Lipinski definition) is 0. The number of rotatable bonds is 3. The van der Waals surface area contributed by atoms with Crippen molar-refractivity contribution in [2.45, 2.75) is 36.7 Å². The van der Waals surface area contributed by atoms with Crippen LogP contribution in [0.25, 0.3) is 0 Å². The second kappa shape index (κ2) is 4.45.